The van der Waals surface area contributed by atoms with Gasteiger partial charge in [-0.1, -0.05) is 0 Å². The largest absolute Gasteiger partial charge is 0.416 e. The molecule has 1 saturated heterocycles. The topological polar surface area (TPSA) is 102 Å². The van der Waals surface area contributed by atoms with Gasteiger partial charge in [-0.3, -0.25) is 4.21 Å². The van der Waals surface area contributed by atoms with E-state index in [0.29, 0.717) is 10.5 Å². The quantitative estimate of drug-likeness (QED) is 0.694. The highest BCUT2D eigenvalue weighted by molar-refractivity contribution is 7.86. The number of alkyl halides is 3. The molecule has 0 amide bonds. The third kappa shape index (κ3) is 4.73. The lowest BCUT2D eigenvalue weighted by Crippen LogP contribution is -2.47. The summed E-state index contributed by atoms with van der Waals surface area (Å²) >= 11 is 0. The molecule has 0 bridgehead atoms. The van der Waals surface area contributed by atoms with Crippen molar-refractivity contribution in [1.82, 2.24) is 4.31 Å². The van der Waals surface area contributed by atoms with Crippen LogP contribution in [0.1, 0.15) is 16.7 Å². The Balaban J connectivity index is 1.86. The first-order valence-electron chi connectivity index (χ1n) is 9.09. The summed E-state index contributed by atoms with van der Waals surface area (Å²) in [5.41, 5.74) is -2.16. The molecule has 3 unspecified atom stereocenters. The molecule has 1 fully saturated rings. The molecule has 1 aliphatic heterocycles. The number of nitrogens with zero attached hydrogens (tertiary/aromatic N) is 2. The number of aliphatic hydroxyl groups is 2. The summed E-state index contributed by atoms with van der Waals surface area (Å²) in [5, 5.41) is 28.5. The van der Waals surface area contributed by atoms with E-state index >= 15 is 0 Å². The van der Waals surface area contributed by atoms with Crippen LogP contribution in [0.15, 0.2) is 52.3 Å². The molecule has 11 heteroatoms. The van der Waals surface area contributed by atoms with Gasteiger partial charge in [-0.15, -0.1) is 0 Å². The highest BCUT2D eigenvalue weighted by Gasteiger charge is 2.50. The summed E-state index contributed by atoms with van der Waals surface area (Å²) in [6.45, 7) is 0.280. The van der Waals surface area contributed by atoms with E-state index < -0.39 is 51.0 Å². The minimum atomic E-state index is -4.53. The zero-order valence-corrected chi connectivity index (χ0v) is 17.9. The molecule has 31 heavy (non-hydrogen) atoms. The minimum Gasteiger partial charge on any atom is -0.393 e. The maximum Gasteiger partial charge on any atom is 0.416 e. The zero-order valence-electron chi connectivity index (χ0n) is 16.3. The second-order valence-electron chi connectivity index (χ2n) is 7.23. The van der Waals surface area contributed by atoms with Crippen molar-refractivity contribution in [2.75, 3.05) is 19.7 Å². The maximum absolute atomic E-state index is 13.1. The molecule has 2 aromatic rings. The Morgan fingerprint density at radius 1 is 1.23 bits per heavy atom. The number of nitriles is 1. The first kappa shape index (κ1) is 23.6. The van der Waals surface area contributed by atoms with E-state index in [-0.39, 0.29) is 23.5 Å². The summed E-state index contributed by atoms with van der Waals surface area (Å²) in [6, 6.07) is 10.7. The molecule has 1 aliphatic rings. The Bertz CT molecular complexity index is 1070. The molecule has 1 heterocycles. The molecule has 0 aliphatic carbocycles. The second kappa shape index (κ2) is 8.80. The van der Waals surface area contributed by atoms with Crippen molar-refractivity contribution in [3.63, 3.8) is 0 Å². The molecule has 4 atom stereocenters. The lowest BCUT2D eigenvalue weighted by Gasteiger charge is -2.26. The molecule has 166 valence electrons. The van der Waals surface area contributed by atoms with Crippen molar-refractivity contribution in [1.29, 1.82) is 5.26 Å². The normalized spacial score (nSPS) is 24.0. The lowest BCUT2D eigenvalue weighted by molar-refractivity contribution is -0.137. The van der Waals surface area contributed by atoms with E-state index in [9.17, 15) is 31.8 Å². The Kier molecular flexibility index (Phi) is 6.69. The molecule has 0 aromatic heterocycles. The van der Waals surface area contributed by atoms with Gasteiger partial charge >= 0.3 is 6.18 Å². The average Bonchev–Trinajstić information content (AvgIpc) is 3.10. The van der Waals surface area contributed by atoms with Gasteiger partial charge < -0.3 is 10.2 Å². The summed E-state index contributed by atoms with van der Waals surface area (Å²) in [4.78, 5) is 0.465. The fourth-order valence-electron chi connectivity index (χ4n) is 3.36. The van der Waals surface area contributed by atoms with E-state index in [1.54, 1.807) is 0 Å². The highest BCUT2D eigenvalue weighted by atomic mass is 32.2. The van der Waals surface area contributed by atoms with Gasteiger partial charge in [-0.2, -0.15) is 18.4 Å². The van der Waals surface area contributed by atoms with Crippen LogP contribution in [0.25, 0.3) is 0 Å². The summed E-state index contributed by atoms with van der Waals surface area (Å²) < 4.78 is 66.1. The average molecular weight is 473 g/mol. The number of aryl methyl sites for hydroxylation is 1. The molecule has 3 rings (SSSR count). The standard InChI is InChI=1S/C20H19F3N2O4S2/c1-13-8-15(20(21,22)23)4-7-17(13)31(29)25-10-18(19(27,11-25)12-26)30(28)16-5-2-14(9-24)3-6-16/h2-8,18,26-27H,10-12H2,1H3/t18-,19?,30?,31?/m0/s1. The first-order valence-corrected chi connectivity index (χ1v) is 11.4. The molecule has 2 aromatic carbocycles. The fraction of sp³-hybridized carbons (Fsp3) is 0.350. The molecule has 2 N–H and O–H groups in total. The Labute approximate surface area is 182 Å². The number of benzene rings is 2. The molecular formula is C20H19F3N2O4S2. The predicted molar refractivity (Wildman–Crippen MR) is 108 cm³/mol. The van der Waals surface area contributed by atoms with E-state index in [0.717, 1.165) is 18.2 Å². The van der Waals surface area contributed by atoms with Gasteiger partial charge in [-0.05, 0) is 55.0 Å². The first-order chi connectivity index (χ1) is 14.5. The Hall–Kier alpha value is -2.10. The van der Waals surface area contributed by atoms with Gasteiger partial charge in [-0.25, -0.2) is 8.51 Å². The van der Waals surface area contributed by atoms with E-state index in [4.69, 9.17) is 5.26 Å². The molecular weight excluding hydrogens is 453 g/mol. The van der Waals surface area contributed by atoms with E-state index in [2.05, 4.69) is 0 Å². The SMILES string of the molecule is Cc1cc(C(F)(F)F)ccc1S(=O)N1C[C@H](S(=O)c2ccc(C#N)cc2)C(O)(CO)C1. The Morgan fingerprint density at radius 2 is 1.87 bits per heavy atom. The van der Waals surface area contributed by atoms with Crippen LogP contribution in [-0.4, -0.2) is 53.5 Å². The van der Waals surface area contributed by atoms with E-state index in [1.165, 1.54) is 35.5 Å². The van der Waals surface area contributed by atoms with Crippen LogP contribution in [0.2, 0.25) is 0 Å². The van der Waals surface area contributed by atoms with Crippen LogP contribution in [0.5, 0.6) is 0 Å². The third-order valence-corrected chi connectivity index (χ3v) is 8.51. The van der Waals surface area contributed by atoms with Crippen molar-refractivity contribution in [2.45, 2.75) is 33.7 Å². The fourth-order valence-corrected chi connectivity index (χ4v) is 6.47. The van der Waals surface area contributed by atoms with Crippen LogP contribution in [0, 0.1) is 18.3 Å². The smallest absolute Gasteiger partial charge is 0.393 e. The predicted octanol–water partition coefficient (Wildman–Crippen LogP) is 2.12. The molecule has 0 spiro atoms. The van der Waals surface area contributed by atoms with Crippen molar-refractivity contribution >= 4 is 21.8 Å². The number of halogens is 3. The van der Waals surface area contributed by atoms with Crippen molar-refractivity contribution < 1.29 is 31.8 Å². The van der Waals surface area contributed by atoms with Crippen LogP contribution in [0.3, 0.4) is 0 Å². The lowest BCUT2D eigenvalue weighted by atomic mass is 10.1. The van der Waals surface area contributed by atoms with Crippen LogP contribution in [0.4, 0.5) is 13.2 Å². The number of β-amino-alcohol motifs (C(OH)–C–C–N with tert-alkyl or cyclic N) is 1. The second-order valence-corrected chi connectivity index (χ2v) is 10.3. The van der Waals surface area contributed by atoms with Crippen molar-refractivity contribution in [3.8, 4) is 6.07 Å². The van der Waals surface area contributed by atoms with Crippen molar-refractivity contribution in [2.24, 2.45) is 0 Å². The highest BCUT2D eigenvalue weighted by Crippen LogP contribution is 2.34. The van der Waals surface area contributed by atoms with E-state index in [1.807, 2.05) is 6.07 Å². The zero-order chi connectivity index (χ0) is 23.0. The summed E-state index contributed by atoms with van der Waals surface area (Å²) in [5.74, 6) is 0. The third-order valence-electron chi connectivity index (χ3n) is 5.09. The minimum absolute atomic E-state index is 0.114. The molecule has 6 nitrogen and oxygen atoms in total. The number of aliphatic hydroxyl groups excluding tert-OH is 1. The van der Waals surface area contributed by atoms with Gasteiger partial charge in [0, 0.05) is 18.0 Å². The summed E-state index contributed by atoms with van der Waals surface area (Å²) in [7, 11) is -3.73. The van der Waals surface area contributed by atoms with Gasteiger partial charge in [0.2, 0.25) is 0 Å². The monoisotopic (exact) mass is 472 g/mol. The van der Waals surface area contributed by atoms with Crippen molar-refractivity contribution in [3.05, 3.63) is 59.2 Å². The maximum atomic E-state index is 13.1. The van der Waals surface area contributed by atoms with Crippen LogP contribution in [-0.2, 0) is 28.0 Å². The van der Waals surface area contributed by atoms with Crippen LogP contribution >= 0.6 is 0 Å². The molecule has 0 radical (unpaired) electrons. The number of hydrogen-bond acceptors (Lipinski definition) is 5. The van der Waals surface area contributed by atoms with Crippen LogP contribution < -0.4 is 0 Å². The molecule has 0 saturated carbocycles. The Morgan fingerprint density at radius 3 is 2.39 bits per heavy atom. The van der Waals surface area contributed by atoms with Gasteiger partial charge in [0.15, 0.2) is 0 Å². The number of hydrogen-bond donors (Lipinski definition) is 2. The van der Waals surface area contributed by atoms with Gasteiger partial charge in [0.1, 0.15) is 16.6 Å². The van der Waals surface area contributed by atoms with Gasteiger partial charge in [0.25, 0.3) is 0 Å². The summed E-state index contributed by atoms with van der Waals surface area (Å²) in [6.07, 6.45) is -4.53. The van der Waals surface area contributed by atoms with Gasteiger partial charge in [0.05, 0.1) is 44.7 Å². The number of rotatable bonds is 5.